The molecule has 0 aromatic heterocycles. The molecule has 2 heterocycles. The van der Waals surface area contributed by atoms with Crippen molar-refractivity contribution in [1.29, 1.82) is 0 Å². The summed E-state index contributed by atoms with van der Waals surface area (Å²) < 4.78 is 2.25. The van der Waals surface area contributed by atoms with Gasteiger partial charge in [-0.25, -0.2) is 4.58 Å². The minimum atomic E-state index is 0. The molecule has 2 nitrogen and oxygen atoms in total. The van der Waals surface area contributed by atoms with E-state index in [0.29, 0.717) is 5.37 Å². The first kappa shape index (κ1) is 11.6. The monoisotopic (exact) mass is 326 g/mol. The Kier molecular flexibility index (Phi) is 4.31. The molecule has 0 amide bonds. The Morgan fingerprint density at radius 2 is 2.46 bits per heavy atom. The minimum Gasteiger partial charge on any atom is -1.00 e. The minimum absolute atomic E-state index is 0. The number of nitrogens with zero attached hydrogens (tertiary/aromatic N) is 2. The molecule has 0 aromatic rings. The molecule has 13 heavy (non-hydrogen) atoms. The van der Waals surface area contributed by atoms with Crippen LogP contribution in [0.1, 0.15) is 6.92 Å². The van der Waals surface area contributed by atoms with Gasteiger partial charge in [0, 0.05) is 13.0 Å². The van der Waals surface area contributed by atoms with Gasteiger partial charge in [-0.2, -0.15) is 0 Å². The standard InChI is InChI=1S/C8H11N2S2.HI/c1-6-5-7(11-2)10-3-4-12-8(10)9-6;/h3,5,7H,4H2,1-2H3;1H/q+1;/p-1. The molecule has 0 fully saturated rings. The van der Waals surface area contributed by atoms with Crippen molar-refractivity contribution in [1.82, 2.24) is 0 Å². The van der Waals surface area contributed by atoms with Crippen molar-refractivity contribution in [2.45, 2.75) is 12.3 Å². The van der Waals surface area contributed by atoms with Crippen LogP contribution in [0.4, 0.5) is 0 Å². The van der Waals surface area contributed by atoms with Crippen LogP contribution in [0.25, 0.3) is 0 Å². The molecular formula is C8H11IN2S2. The molecule has 0 radical (unpaired) electrons. The fraction of sp³-hybridized carbons (Fsp3) is 0.500. The van der Waals surface area contributed by atoms with Crippen LogP contribution in [0.2, 0.25) is 0 Å². The second kappa shape index (κ2) is 4.84. The van der Waals surface area contributed by atoms with Crippen LogP contribution in [-0.2, 0) is 0 Å². The van der Waals surface area contributed by atoms with Crippen molar-refractivity contribution in [3.8, 4) is 0 Å². The molecule has 0 aromatic carbocycles. The Hall–Kier alpha value is 0.510. The Balaban J connectivity index is 0.000000845. The van der Waals surface area contributed by atoms with E-state index < -0.39 is 0 Å². The van der Waals surface area contributed by atoms with Gasteiger partial charge in [-0.3, -0.25) is 0 Å². The molecule has 1 unspecified atom stereocenters. The molecule has 2 aliphatic heterocycles. The fourth-order valence-corrected chi connectivity index (χ4v) is 3.05. The summed E-state index contributed by atoms with van der Waals surface area (Å²) in [5, 5.41) is 1.63. The smallest absolute Gasteiger partial charge is 0.360 e. The molecule has 0 N–H and O–H groups in total. The van der Waals surface area contributed by atoms with E-state index in [9.17, 15) is 0 Å². The number of allylic oxidation sites excluding steroid dienone is 1. The predicted octanol–water partition coefficient (Wildman–Crippen LogP) is -1.22. The Morgan fingerprint density at radius 1 is 1.69 bits per heavy atom. The Bertz CT molecular complexity index is 297. The number of halogens is 1. The van der Waals surface area contributed by atoms with Gasteiger partial charge in [-0.15, -0.1) is 11.8 Å². The largest absolute Gasteiger partial charge is 1.00 e. The van der Waals surface area contributed by atoms with Crippen molar-refractivity contribution < 1.29 is 28.6 Å². The maximum absolute atomic E-state index is 4.46. The van der Waals surface area contributed by atoms with Crippen LogP contribution in [0.3, 0.4) is 0 Å². The quantitative estimate of drug-likeness (QED) is 0.444. The number of amidine groups is 1. The Morgan fingerprint density at radius 3 is 3.15 bits per heavy atom. The van der Waals surface area contributed by atoms with E-state index in [1.807, 2.05) is 23.5 Å². The molecule has 0 spiro atoms. The average Bonchev–Trinajstić information content (AvgIpc) is 2.50. The lowest BCUT2D eigenvalue weighted by Crippen LogP contribution is -3.00. The lowest BCUT2D eigenvalue weighted by atomic mass is 10.4. The summed E-state index contributed by atoms with van der Waals surface area (Å²) in [6.07, 6.45) is 6.55. The van der Waals surface area contributed by atoms with Gasteiger partial charge < -0.3 is 24.0 Å². The fourth-order valence-electron chi connectivity index (χ4n) is 1.30. The zero-order chi connectivity index (χ0) is 8.55. The molecule has 2 rings (SSSR count). The highest BCUT2D eigenvalue weighted by molar-refractivity contribution is 8.14. The highest BCUT2D eigenvalue weighted by Gasteiger charge is 2.31. The lowest BCUT2D eigenvalue weighted by Gasteiger charge is -2.12. The third-order valence-corrected chi connectivity index (χ3v) is 3.60. The van der Waals surface area contributed by atoms with Crippen LogP contribution >= 0.6 is 23.5 Å². The average molecular weight is 326 g/mol. The first-order valence-corrected chi connectivity index (χ1v) is 6.13. The van der Waals surface area contributed by atoms with Gasteiger partial charge in [0.25, 0.3) is 0 Å². The normalized spacial score (nSPS) is 25.4. The van der Waals surface area contributed by atoms with Gasteiger partial charge >= 0.3 is 5.17 Å². The van der Waals surface area contributed by atoms with Crippen LogP contribution in [0.15, 0.2) is 16.8 Å². The second-order valence-electron chi connectivity index (χ2n) is 2.73. The van der Waals surface area contributed by atoms with Gasteiger partial charge in [0.15, 0.2) is 11.1 Å². The molecule has 0 saturated carbocycles. The summed E-state index contributed by atoms with van der Waals surface area (Å²) >= 11 is 3.67. The van der Waals surface area contributed by atoms with Crippen molar-refractivity contribution in [3.63, 3.8) is 0 Å². The second-order valence-corrected chi connectivity index (χ2v) is 4.67. The van der Waals surface area contributed by atoms with Crippen molar-refractivity contribution in [3.05, 3.63) is 11.8 Å². The highest BCUT2D eigenvalue weighted by Crippen LogP contribution is 2.25. The molecule has 72 valence electrons. The van der Waals surface area contributed by atoms with Crippen molar-refractivity contribution >= 4 is 34.9 Å². The van der Waals surface area contributed by atoms with Crippen molar-refractivity contribution in [2.24, 2.45) is 4.99 Å². The first-order chi connectivity index (χ1) is 5.81. The zero-order valence-electron chi connectivity index (χ0n) is 7.53. The topological polar surface area (TPSA) is 15.4 Å². The van der Waals surface area contributed by atoms with Crippen molar-refractivity contribution in [2.75, 3.05) is 12.0 Å². The summed E-state index contributed by atoms with van der Waals surface area (Å²) in [5.74, 6) is 1.07. The van der Waals surface area contributed by atoms with Crippen LogP contribution in [0, 0.1) is 0 Å². The van der Waals surface area contributed by atoms with Crippen LogP contribution in [-0.4, -0.2) is 33.3 Å². The molecule has 2 aliphatic rings. The van der Waals surface area contributed by atoms with E-state index in [0.717, 1.165) is 16.6 Å². The van der Waals surface area contributed by atoms with E-state index in [2.05, 4.69) is 35.0 Å². The number of rotatable bonds is 1. The highest BCUT2D eigenvalue weighted by atomic mass is 127. The van der Waals surface area contributed by atoms with Gasteiger partial charge in [-0.1, -0.05) is 0 Å². The molecular weight excluding hydrogens is 315 g/mol. The number of thioether (sulfide) groups is 2. The number of hydrogen-bond acceptors (Lipinski definition) is 3. The lowest BCUT2D eigenvalue weighted by molar-refractivity contribution is -0.400. The maximum Gasteiger partial charge on any atom is 0.360 e. The molecule has 5 heteroatoms. The van der Waals surface area contributed by atoms with Crippen LogP contribution in [0.5, 0.6) is 0 Å². The van der Waals surface area contributed by atoms with E-state index in [1.165, 1.54) is 0 Å². The number of hydrogen-bond donors (Lipinski definition) is 0. The summed E-state index contributed by atoms with van der Waals surface area (Å²) in [6, 6.07) is 0. The van der Waals surface area contributed by atoms with E-state index >= 15 is 0 Å². The molecule has 0 saturated heterocycles. The van der Waals surface area contributed by atoms with E-state index in [1.54, 1.807) is 0 Å². The molecule has 1 atom stereocenters. The zero-order valence-corrected chi connectivity index (χ0v) is 11.3. The molecule has 0 bridgehead atoms. The van der Waals surface area contributed by atoms with Crippen LogP contribution < -0.4 is 24.0 Å². The van der Waals surface area contributed by atoms with E-state index in [-0.39, 0.29) is 24.0 Å². The SMILES string of the molecule is CSC1C=C(C)N=C2SCC=[N+]21.[I-]. The van der Waals surface area contributed by atoms with Gasteiger partial charge in [0.05, 0.1) is 12.0 Å². The summed E-state index contributed by atoms with van der Waals surface area (Å²) in [5.41, 5.74) is 1.14. The Labute approximate surface area is 104 Å². The summed E-state index contributed by atoms with van der Waals surface area (Å²) in [4.78, 5) is 4.46. The van der Waals surface area contributed by atoms with Gasteiger partial charge in [0.1, 0.15) is 0 Å². The summed E-state index contributed by atoms with van der Waals surface area (Å²) in [7, 11) is 0. The van der Waals surface area contributed by atoms with Gasteiger partial charge in [-0.05, 0) is 23.0 Å². The third-order valence-electron chi connectivity index (χ3n) is 1.88. The first-order valence-electron chi connectivity index (χ1n) is 3.85. The van der Waals surface area contributed by atoms with Gasteiger partial charge in [0.2, 0.25) is 0 Å². The molecule has 0 aliphatic carbocycles. The summed E-state index contributed by atoms with van der Waals surface area (Å²) in [6.45, 7) is 2.06. The van der Waals surface area contributed by atoms with E-state index in [4.69, 9.17) is 0 Å². The number of fused-ring (bicyclic) bond motifs is 1. The third kappa shape index (κ3) is 2.30. The maximum atomic E-state index is 4.46. The predicted molar refractivity (Wildman–Crippen MR) is 57.3 cm³/mol. The number of aliphatic imine (C=N–C) groups is 1.